The number of hydrogen-bond donors (Lipinski definition) is 1. The zero-order valence-corrected chi connectivity index (χ0v) is 16.6. The first-order chi connectivity index (χ1) is 13.1. The molecule has 1 N–H and O–H groups in total. The molecule has 5 nitrogen and oxygen atoms in total. The van der Waals surface area contributed by atoms with Gasteiger partial charge in [-0.25, -0.2) is 4.98 Å². The Morgan fingerprint density at radius 1 is 1.25 bits per heavy atom. The molecule has 0 aliphatic carbocycles. The Labute approximate surface area is 170 Å². The minimum absolute atomic E-state index is 0.0409. The highest BCUT2D eigenvalue weighted by Gasteiger charge is 2.29. The second-order valence-corrected chi connectivity index (χ2v) is 6.78. The van der Waals surface area contributed by atoms with E-state index in [-0.39, 0.29) is 34.2 Å². The van der Waals surface area contributed by atoms with E-state index in [9.17, 15) is 18.0 Å². The van der Waals surface area contributed by atoms with Crippen LogP contribution in [-0.2, 0) is 4.79 Å². The van der Waals surface area contributed by atoms with Crippen molar-refractivity contribution in [1.29, 1.82) is 0 Å². The lowest BCUT2D eigenvalue weighted by atomic mass is 10.0. The summed E-state index contributed by atoms with van der Waals surface area (Å²) in [6.07, 6.45) is -2.30. The van der Waals surface area contributed by atoms with Crippen molar-refractivity contribution in [3.05, 3.63) is 34.4 Å². The Balaban J connectivity index is 2.44. The van der Waals surface area contributed by atoms with Gasteiger partial charge in [-0.05, 0) is 31.0 Å². The van der Waals surface area contributed by atoms with E-state index in [2.05, 4.69) is 20.0 Å². The van der Waals surface area contributed by atoms with Crippen molar-refractivity contribution in [1.82, 2.24) is 9.97 Å². The van der Waals surface area contributed by atoms with Gasteiger partial charge in [0.15, 0.2) is 12.4 Å². The number of benzene rings is 1. The molecule has 0 bridgehead atoms. The minimum Gasteiger partial charge on any atom is -0.467 e. The van der Waals surface area contributed by atoms with Gasteiger partial charge in [0.05, 0.1) is 11.2 Å². The number of rotatable bonds is 7. The Morgan fingerprint density at radius 3 is 2.50 bits per heavy atom. The van der Waals surface area contributed by atoms with E-state index in [1.54, 1.807) is 12.1 Å². The molecule has 1 amide bonds. The van der Waals surface area contributed by atoms with Gasteiger partial charge >= 0.3 is 6.18 Å². The molecule has 2 aromatic rings. The van der Waals surface area contributed by atoms with Crippen molar-refractivity contribution in [2.24, 2.45) is 5.92 Å². The first-order valence-electron chi connectivity index (χ1n) is 8.47. The molecule has 28 heavy (non-hydrogen) atoms. The van der Waals surface area contributed by atoms with Gasteiger partial charge in [-0.2, -0.15) is 18.2 Å². The number of nitrogens with one attached hydrogen (secondary N) is 1. The Bertz CT molecular complexity index is 843. The fraction of sp³-hybridized carbons (Fsp3) is 0.389. The van der Waals surface area contributed by atoms with Crippen LogP contribution in [0.4, 0.5) is 19.0 Å². The van der Waals surface area contributed by atoms with Crippen LogP contribution in [0.25, 0.3) is 11.3 Å². The smallest absolute Gasteiger partial charge is 0.422 e. The minimum atomic E-state index is -4.53. The fourth-order valence-electron chi connectivity index (χ4n) is 2.44. The molecule has 0 aliphatic rings. The molecule has 0 fully saturated rings. The highest BCUT2D eigenvalue weighted by atomic mass is 35.5. The number of ether oxygens (including phenoxy) is 1. The number of hydrogen-bond acceptors (Lipinski definition) is 4. The van der Waals surface area contributed by atoms with Crippen molar-refractivity contribution >= 4 is 34.9 Å². The van der Waals surface area contributed by atoms with Crippen LogP contribution in [0.5, 0.6) is 5.88 Å². The Kier molecular flexibility index (Phi) is 7.48. The Morgan fingerprint density at radius 2 is 1.93 bits per heavy atom. The second-order valence-electron chi connectivity index (χ2n) is 5.94. The number of halogens is 5. The summed E-state index contributed by atoms with van der Waals surface area (Å²) in [5.74, 6) is -1.01. The van der Waals surface area contributed by atoms with Gasteiger partial charge in [0.1, 0.15) is 5.69 Å². The predicted molar refractivity (Wildman–Crippen MR) is 102 cm³/mol. The second kappa shape index (κ2) is 9.43. The molecule has 0 aliphatic heterocycles. The van der Waals surface area contributed by atoms with Crippen LogP contribution in [0, 0.1) is 5.92 Å². The summed E-state index contributed by atoms with van der Waals surface area (Å²) < 4.78 is 41.9. The van der Waals surface area contributed by atoms with Gasteiger partial charge in [0.2, 0.25) is 11.8 Å². The quantitative estimate of drug-likeness (QED) is 0.599. The van der Waals surface area contributed by atoms with Crippen molar-refractivity contribution < 1.29 is 22.7 Å². The molecule has 0 saturated carbocycles. The van der Waals surface area contributed by atoms with E-state index in [0.717, 1.165) is 6.20 Å². The SMILES string of the molecule is CCC(CC)C(=O)Nc1nc(OCC(F)(F)F)cnc1-c1ccc(Cl)cc1Cl. The molecule has 0 saturated heterocycles. The van der Waals surface area contributed by atoms with Crippen LogP contribution in [0.15, 0.2) is 24.4 Å². The van der Waals surface area contributed by atoms with Gasteiger partial charge in [0.25, 0.3) is 0 Å². The maximum Gasteiger partial charge on any atom is 0.422 e. The number of anilines is 1. The molecule has 2 rings (SSSR count). The van der Waals surface area contributed by atoms with Gasteiger partial charge in [0, 0.05) is 16.5 Å². The largest absolute Gasteiger partial charge is 0.467 e. The summed E-state index contributed by atoms with van der Waals surface area (Å²) in [7, 11) is 0. The van der Waals surface area contributed by atoms with E-state index in [1.807, 2.05) is 13.8 Å². The molecule has 0 unspecified atom stereocenters. The van der Waals surface area contributed by atoms with E-state index >= 15 is 0 Å². The van der Waals surface area contributed by atoms with E-state index < -0.39 is 12.8 Å². The van der Waals surface area contributed by atoms with Crippen molar-refractivity contribution in [3.63, 3.8) is 0 Å². The van der Waals surface area contributed by atoms with Crippen molar-refractivity contribution in [2.75, 3.05) is 11.9 Å². The summed E-state index contributed by atoms with van der Waals surface area (Å²) in [6, 6.07) is 4.64. The maximum atomic E-state index is 12.5. The summed E-state index contributed by atoms with van der Waals surface area (Å²) in [5, 5.41) is 3.28. The summed E-state index contributed by atoms with van der Waals surface area (Å²) >= 11 is 12.1. The zero-order chi connectivity index (χ0) is 20.9. The topological polar surface area (TPSA) is 64.1 Å². The highest BCUT2D eigenvalue weighted by Crippen LogP contribution is 2.34. The lowest BCUT2D eigenvalue weighted by molar-refractivity contribution is -0.154. The van der Waals surface area contributed by atoms with Crippen LogP contribution in [0.1, 0.15) is 26.7 Å². The maximum absolute atomic E-state index is 12.5. The molecule has 1 aromatic carbocycles. The first-order valence-corrected chi connectivity index (χ1v) is 9.23. The third-order valence-corrected chi connectivity index (χ3v) is 4.47. The van der Waals surface area contributed by atoms with Crippen LogP contribution in [-0.4, -0.2) is 28.7 Å². The molecule has 1 heterocycles. The average molecular weight is 436 g/mol. The number of alkyl halides is 3. The molecular formula is C18H18Cl2F3N3O2. The van der Waals surface area contributed by atoms with E-state index in [4.69, 9.17) is 23.2 Å². The Hall–Kier alpha value is -2.06. The third-order valence-electron chi connectivity index (χ3n) is 3.92. The molecule has 0 spiro atoms. The molecule has 0 atom stereocenters. The molecule has 152 valence electrons. The van der Waals surface area contributed by atoms with Gasteiger partial charge in [-0.1, -0.05) is 37.0 Å². The van der Waals surface area contributed by atoms with Crippen molar-refractivity contribution in [3.8, 4) is 17.1 Å². The first kappa shape index (κ1) is 22.2. The molecular weight excluding hydrogens is 418 g/mol. The number of amides is 1. The fourth-order valence-corrected chi connectivity index (χ4v) is 2.94. The van der Waals surface area contributed by atoms with Crippen LogP contribution in [0.2, 0.25) is 10.0 Å². The zero-order valence-electron chi connectivity index (χ0n) is 15.1. The average Bonchev–Trinajstić information content (AvgIpc) is 2.61. The van der Waals surface area contributed by atoms with Crippen LogP contribution in [0.3, 0.4) is 0 Å². The van der Waals surface area contributed by atoms with E-state index in [0.29, 0.717) is 23.4 Å². The molecule has 0 radical (unpaired) electrons. The van der Waals surface area contributed by atoms with Crippen LogP contribution < -0.4 is 10.1 Å². The highest BCUT2D eigenvalue weighted by molar-refractivity contribution is 6.36. The van der Waals surface area contributed by atoms with Gasteiger partial charge in [-0.3, -0.25) is 4.79 Å². The summed E-state index contributed by atoms with van der Waals surface area (Å²) in [6.45, 7) is 2.20. The normalized spacial score (nSPS) is 11.6. The molecule has 1 aromatic heterocycles. The van der Waals surface area contributed by atoms with Crippen molar-refractivity contribution in [2.45, 2.75) is 32.9 Å². The van der Waals surface area contributed by atoms with E-state index in [1.165, 1.54) is 6.07 Å². The number of nitrogens with zero attached hydrogens (tertiary/aromatic N) is 2. The lowest BCUT2D eigenvalue weighted by Gasteiger charge is -2.16. The monoisotopic (exact) mass is 435 g/mol. The molecule has 10 heteroatoms. The lowest BCUT2D eigenvalue weighted by Crippen LogP contribution is -2.23. The standard InChI is InChI=1S/C18H18Cl2F3N3O2/c1-3-10(4-2)17(27)26-16-15(12-6-5-11(19)7-13(12)20)24-8-14(25-16)28-9-18(21,22)23/h5-8,10H,3-4,9H2,1-2H3,(H,25,26,27). The summed E-state index contributed by atoms with van der Waals surface area (Å²) in [5.41, 5.74) is 0.612. The third kappa shape index (κ3) is 5.97. The number of carbonyl (C=O) groups is 1. The summed E-state index contributed by atoms with van der Waals surface area (Å²) in [4.78, 5) is 20.6. The van der Waals surface area contributed by atoms with Gasteiger partial charge in [-0.15, -0.1) is 0 Å². The predicted octanol–water partition coefficient (Wildman–Crippen LogP) is 5.77. The van der Waals surface area contributed by atoms with Crippen LogP contribution >= 0.6 is 23.2 Å². The van der Waals surface area contributed by atoms with Gasteiger partial charge < -0.3 is 10.1 Å². The number of aromatic nitrogens is 2. The number of carbonyl (C=O) groups excluding carboxylic acids is 1.